The molecule has 0 saturated heterocycles. The SMILES string of the molecule is CC1CC2CCC3(C)C(C)CCC4CC(C1C)C2C43. The summed E-state index contributed by atoms with van der Waals surface area (Å²) >= 11 is 0. The Hall–Kier alpha value is 0. The molecular formula is C19H32. The monoisotopic (exact) mass is 260 g/mol. The van der Waals surface area contributed by atoms with Crippen molar-refractivity contribution in [3.63, 3.8) is 0 Å². The molecule has 19 heavy (non-hydrogen) atoms. The van der Waals surface area contributed by atoms with Crippen LogP contribution in [0.15, 0.2) is 0 Å². The van der Waals surface area contributed by atoms with Crippen LogP contribution in [0.25, 0.3) is 0 Å². The van der Waals surface area contributed by atoms with Crippen molar-refractivity contribution in [2.24, 2.45) is 52.8 Å². The summed E-state index contributed by atoms with van der Waals surface area (Å²) in [6, 6.07) is 0. The lowest BCUT2D eigenvalue weighted by atomic mass is 9.47. The molecule has 4 rings (SSSR count). The fourth-order valence-corrected chi connectivity index (χ4v) is 7.33. The van der Waals surface area contributed by atoms with Crippen LogP contribution in [0.2, 0.25) is 0 Å². The molecule has 9 atom stereocenters. The van der Waals surface area contributed by atoms with E-state index in [0.29, 0.717) is 5.41 Å². The molecule has 0 aromatic heterocycles. The van der Waals surface area contributed by atoms with Crippen LogP contribution in [0.1, 0.15) is 66.2 Å². The summed E-state index contributed by atoms with van der Waals surface area (Å²) in [6.45, 7) is 10.4. The van der Waals surface area contributed by atoms with Gasteiger partial charge in [-0.25, -0.2) is 0 Å². The highest BCUT2D eigenvalue weighted by molar-refractivity contribution is 5.10. The predicted octanol–water partition coefficient (Wildman–Crippen LogP) is 5.38. The standard InChI is InChI=1S/C19H32/c1-11-9-14-7-8-19(4)12(2)5-6-15-10-16(13(11)3)17(14)18(15)19/h11-18H,5-10H2,1-4H3. The molecule has 4 aliphatic rings. The minimum atomic E-state index is 0.707. The summed E-state index contributed by atoms with van der Waals surface area (Å²) in [6.07, 6.45) is 9.33. The number of hydrogen-bond acceptors (Lipinski definition) is 0. The van der Waals surface area contributed by atoms with E-state index in [9.17, 15) is 0 Å². The molecular weight excluding hydrogens is 228 g/mol. The third-order valence-corrected chi connectivity index (χ3v) is 8.70. The second kappa shape index (κ2) is 4.01. The van der Waals surface area contributed by atoms with E-state index in [1.54, 1.807) is 32.1 Å². The first-order valence-corrected chi connectivity index (χ1v) is 9.02. The number of rotatable bonds is 0. The smallest absolute Gasteiger partial charge is 0.0266 e. The number of hydrogen-bond donors (Lipinski definition) is 0. The van der Waals surface area contributed by atoms with Gasteiger partial charge in [0.05, 0.1) is 0 Å². The molecule has 0 spiro atoms. The third-order valence-electron chi connectivity index (χ3n) is 8.70. The van der Waals surface area contributed by atoms with E-state index in [4.69, 9.17) is 0 Å². The summed E-state index contributed by atoms with van der Waals surface area (Å²) in [5, 5.41) is 0. The lowest BCUT2D eigenvalue weighted by molar-refractivity contribution is -0.0902. The topological polar surface area (TPSA) is 0 Å². The van der Waals surface area contributed by atoms with Crippen molar-refractivity contribution in [3.05, 3.63) is 0 Å². The van der Waals surface area contributed by atoms with E-state index in [1.807, 2.05) is 0 Å². The molecule has 4 aliphatic carbocycles. The van der Waals surface area contributed by atoms with Crippen LogP contribution in [0.5, 0.6) is 0 Å². The molecule has 9 unspecified atom stereocenters. The van der Waals surface area contributed by atoms with Gasteiger partial charge in [0.25, 0.3) is 0 Å². The van der Waals surface area contributed by atoms with E-state index >= 15 is 0 Å². The molecule has 0 bridgehead atoms. The maximum Gasteiger partial charge on any atom is -0.0266 e. The molecule has 4 saturated carbocycles. The average molecular weight is 260 g/mol. The van der Waals surface area contributed by atoms with Crippen molar-refractivity contribution < 1.29 is 0 Å². The molecule has 0 aromatic rings. The highest BCUT2D eigenvalue weighted by Gasteiger charge is 2.61. The molecule has 0 radical (unpaired) electrons. The zero-order chi connectivity index (χ0) is 13.4. The minimum Gasteiger partial charge on any atom is -0.0622 e. The first-order valence-electron chi connectivity index (χ1n) is 9.02. The largest absolute Gasteiger partial charge is 0.0622 e. The normalized spacial score (nSPS) is 63.8. The quantitative estimate of drug-likeness (QED) is 0.549. The van der Waals surface area contributed by atoms with Crippen LogP contribution in [0, 0.1) is 52.8 Å². The molecule has 0 aliphatic heterocycles. The Morgan fingerprint density at radius 2 is 1.68 bits per heavy atom. The van der Waals surface area contributed by atoms with Crippen molar-refractivity contribution in [2.75, 3.05) is 0 Å². The van der Waals surface area contributed by atoms with Gasteiger partial charge in [-0.05, 0) is 91.3 Å². The summed E-state index contributed by atoms with van der Waals surface area (Å²) in [4.78, 5) is 0. The minimum absolute atomic E-state index is 0.707. The van der Waals surface area contributed by atoms with Gasteiger partial charge in [-0.15, -0.1) is 0 Å². The molecule has 0 heterocycles. The Kier molecular flexibility index (Phi) is 2.69. The van der Waals surface area contributed by atoms with Crippen molar-refractivity contribution in [1.82, 2.24) is 0 Å². The van der Waals surface area contributed by atoms with Crippen molar-refractivity contribution in [2.45, 2.75) is 66.2 Å². The molecule has 0 N–H and O–H groups in total. The van der Waals surface area contributed by atoms with Gasteiger partial charge in [0, 0.05) is 0 Å². The van der Waals surface area contributed by atoms with Crippen LogP contribution < -0.4 is 0 Å². The molecule has 4 fully saturated rings. The van der Waals surface area contributed by atoms with Gasteiger partial charge in [-0.3, -0.25) is 0 Å². The van der Waals surface area contributed by atoms with Crippen LogP contribution in [-0.2, 0) is 0 Å². The fraction of sp³-hybridized carbons (Fsp3) is 1.00. The third kappa shape index (κ3) is 1.52. The Bertz CT molecular complexity index is 372. The van der Waals surface area contributed by atoms with Crippen molar-refractivity contribution in [1.29, 1.82) is 0 Å². The lowest BCUT2D eigenvalue weighted by Gasteiger charge is -2.58. The van der Waals surface area contributed by atoms with Crippen molar-refractivity contribution in [3.8, 4) is 0 Å². The average Bonchev–Trinajstić information content (AvgIpc) is 2.78. The Morgan fingerprint density at radius 1 is 0.895 bits per heavy atom. The van der Waals surface area contributed by atoms with E-state index in [0.717, 1.165) is 47.3 Å². The fourth-order valence-electron chi connectivity index (χ4n) is 7.33. The van der Waals surface area contributed by atoms with Gasteiger partial charge in [0.15, 0.2) is 0 Å². The maximum absolute atomic E-state index is 2.68. The lowest BCUT2D eigenvalue weighted by Crippen LogP contribution is -2.51. The van der Waals surface area contributed by atoms with Crippen molar-refractivity contribution >= 4 is 0 Å². The van der Waals surface area contributed by atoms with Gasteiger partial charge in [0.2, 0.25) is 0 Å². The summed E-state index contributed by atoms with van der Waals surface area (Å²) in [5.74, 6) is 8.51. The van der Waals surface area contributed by atoms with Crippen LogP contribution in [0.3, 0.4) is 0 Å². The molecule has 0 heteroatoms. The predicted molar refractivity (Wildman–Crippen MR) is 80.8 cm³/mol. The van der Waals surface area contributed by atoms with Crippen LogP contribution >= 0.6 is 0 Å². The molecule has 0 nitrogen and oxygen atoms in total. The van der Waals surface area contributed by atoms with Gasteiger partial charge >= 0.3 is 0 Å². The van der Waals surface area contributed by atoms with Gasteiger partial charge < -0.3 is 0 Å². The molecule has 108 valence electrons. The highest BCUT2D eigenvalue weighted by atomic mass is 14.7. The van der Waals surface area contributed by atoms with Crippen LogP contribution in [0.4, 0.5) is 0 Å². The van der Waals surface area contributed by atoms with Gasteiger partial charge in [0.1, 0.15) is 0 Å². The van der Waals surface area contributed by atoms with E-state index < -0.39 is 0 Å². The van der Waals surface area contributed by atoms with Crippen LogP contribution in [-0.4, -0.2) is 0 Å². The van der Waals surface area contributed by atoms with E-state index in [1.165, 1.54) is 6.42 Å². The first-order chi connectivity index (χ1) is 9.02. The second-order valence-electron chi connectivity index (χ2n) is 9.12. The summed E-state index contributed by atoms with van der Waals surface area (Å²) in [7, 11) is 0. The Morgan fingerprint density at radius 3 is 2.47 bits per heavy atom. The Balaban J connectivity index is 1.74. The zero-order valence-electron chi connectivity index (χ0n) is 13.4. The van der Waals surface area contributed by atoms with Gasteiger partial charge in [-0.2, -0.15) is 0 Å². The highest BCUT2D eigenvalue weighted by Crippen LogP contribution is 2.69. The maximum atomic E-state index is 2.68. The van der Waals surface area contributed by atoms with Gasteiger partial charge in [-0.1, -0.05) is 27.7 Å². The molecule has 0 amide bonds. The van der Waals surface area contributed by atoms with E-state index in [-0.39, 0.29) is 0 Å². The zero-order valence-corrected chi connectivity index (χ0v) is 13.4. The van der Waals surface area contributed by atoms with E-state index in [2.05, 4.69) is 27.7 Å². The summed E-state index contributed by atoms with van der Waals surface area (Å²) < 4.78 is 0. The second-order valence-corrected chi connectivity index (χ2v) is 9.12. The Labute approximate surface area is 119 Å². The summed E-state index contributed by atoms with van der Waals surface area (Å²) in [5.41, 5.74) is 0.707. The first kappa shape index (κ1) is 12.7. The molecule has 0 aromatic carbocycles.